The van der Waals surface area contributed by atoms with Gasteiger partial charge in [0, 0.05) is 36.1 Å². The summed E-state index contributed by atoms with van der Waals surface area (Å²) in [5, 5.41) is 4.01. The first-order valence-electron chi connectivity index (χ1n) is 9.80. The Morgan fingerprint density at radius 3 is 2.62 bits per heavy atom. The first-order chi connectivity index (χ1) is 14.0. The van der Waals surface area contributed by atoms with Gasteiger partial charge in [0.25, 0.3) is 5.91 Å². The van der Waals surface area contributed by atoms with Crippen molar-refractivity contribution in [3.63, 3.8) is 0 Å². The lowest BCUT2D eigenvalue weighted by Gasteiger charge is -2.22. The van der Waals surface area contributed by atoms with E-state index in [2.05, 4.69) is 15.3 Å². The maximum atomic E-state index is 13.6. The van der Waals surface area contributed by atoms with Crippen molar-refractivity contribution in [1.82, 2.24) is 14.9 Å². The third-order valence-corrected chi connectivity index (χ3v) is 5.47. The van der Waals surface area contributed by atoms with Crippen LogP contribution in [0.3, 0.4) is 0 Å². The molecule has 1 N–H and O–H groups in total. The van der Waals surface area contributed by atoms with Crippen molar-refractivity contribution >= 4 is 39.9 Å². The van der Waals surface area contributed by atoms with Crippen molar-refractivity contribution < 1.29 is 9.18 Å². The number of rotatable bonds is 3. The Kier molecular flexibility index (Phi) is 5.62. The normalized spacial score (nSPS) is 14.7. The van der Waals surface area contributed by atoms with Gasteiger partial charge < -0.3 is 10.2 Å². The average molecular weight is 413 g/mol. The predicted octanol–water partition coefficient (Wildman–Crippen LogP) is 5.49. The molecule has 0 spiro atoms. The van der Waals surface area contributed by atoms with E-state index in [9.17, 15) is 9.18 Å². The van der Waals surface area contributed by atoms with Gasteiger partial charge in [0.15, 0.2) is 5.65 Å². The monoisotopic (exact) mass is 412 g/mol. The number of nitrogens with one attached hydrogen (secondary N) is 1. The smallest absolute Gasteiger partial charge is 0.257 e. The lowest BCUT2D eigenvalue weighted by atomic mass is 10.1. The number of pyridine rings is 2. The number of anilines is 2. The quantitative estimate of drug-likeness (QED) is 0.617. The summed E-state index contributed by atoms with van der Waals surface area (Å²) in [6.07, 6.45) is 5.87. The third kappa shape index (κ3) is 4.17. The van der Waals surface area contributed by atoms with Crippen LogP contribution < -0.4 is 5.32 Å². The number of aryl methyl sites for hydroxylation is 1. The Morgan fingerprint density at radius 2 is 1.90 bits per heavy atom. The molecule has 1 aliphatic rings. The molecule has 0 bridgehead atoms. The van der Waals surface area contributed by atoms with Crippen LogP contribution in [0.2, 0.25) is 5.02 Å². The van der Waals surface area contributed by atoms with Crippen LogP contribution in [-0.4, -0.2) is 33.9 Å². The first-order valence-corrected chi connectivity index (χ1v) is 10.2. The molecule has 5 nitrogen and oxygen atoms in total. The molecule has 1 amide bonds. The molecule has 0 aliphatic carbocycles. The highest BCUT2D eigenvalue weighted by Crippen LogP contribution is 2.31. The lowest BCUT2D eigenvalue weighted by molar-refractivity contribution is 0.0762. The van der Waals surface area contributed by atoms with E-state index in [0.717, 1.165) is 49.9 Å². The Hall–Kier alpha value is -2.73. The average Bonchev–Trinajstić information content (AvgIpc) is 3.00. The third-order valence-electron chi connectivity index (χ3n) is 5.18. The zero-order valence-electron chi connectivity index (χ0n) is 16.2. The van der Waals surface area contributed by atoms with Crippen LogP contribution in [-0.2, 0) is 0 Å². The molecule has 0 unspecified atom stereocenters. The van der Waals surface area contributed by atoms with E-state index >= 15 is 0 Å². The molecule has 3 aromatic rings. The summed E-state index contributed by atoms with van der Waals surface area (Å²) in [7, 11) is 0. The largest absolute Gasteiger partial charge is 0.354 e. The second-order valence-corrected chi connectivity index (χ2v) is 7.74. The zero-order chi connectivity index (χ0) is 20.4. The van der Waals surface area contributed by atoms with Crippen LogP contribution >= 0.6 is 11.6 Å². The number of benzene rings is 1. The van der Waals surface area contributed by atoms with Crippen molar-refractivity contribution in [2.24, 2.45) is 0 Å². The van der Waals surface area contributed by atoms with Crippen LogP contribution in [0.5, 0.6) is 0 Å². The number of amides is 1. The molecule has 1 fully saturated rings. The minimum Gasteiger partial charge on any atom is -0.354 e. The molecule has 1 aromatic carbocycles. The van der Waals surface area contributed by atoms with E-state index in [4.69, 9.17) is 11.6 Å². The fraction of sp³-hybridized carbons (Fsp3) is 0.318. The van der Waals surface area contributed by atoms with Gasteiger partial charge in [0.05, 0.1) is 16.3 Å². The Bertz CT molecular complexity index is 1060. The van der Waals surface area contributed by atoms with Gasteiger partial charge in [-0.25, -0.2) is 14.4 Å². The maximum Gasteiger partial charge on any atom is 0.257 e. The second-order valence-electron chi connectivity index (χ2n) is 7.33. The number of likely N-dealkylation sites (tertiary alicyclic amines) is 1. The molecule has 0 atom stereocenters. The van der Waals surface area contributed by atoms with Crippen LogP contribution in [0.4, 0.5) is 15.8 Å². The molecule has 0 radical (unpaired) electrons. The molecule has 0 saturated carbocycles. The number of hydrogen-bond donors (Lipinski definition) is 1. The van der Waals surface area contributed by atoms with Gasteiger partial charge in [-0.15, -0.1) is 0 Å². The summed E-state index contributed by atoms with van der Waals surface area (Å²) in [6, 6.07) is 8.18. The van der Waals surface area contributed by atoms with Crippen LogP contribution in [0.1, 0.15) is 41.7 Å². The highest BCUT2D eigenvalue weighted by molar-refractivity contribution is 6.31. The van der Waals surface area contributed by atoms with Crippen molar-refractivity contribution in [2.75, 3.05) is 18.4 Å². The van der Waals surface area contributed by atoms with Gasteiger partial charge in [0.1, 0.15) is 5.82 Å². The molecule has 2 aromatic heterocycles. The fourth-order valence-corrected chi connectivity index (χ4v) is 3.81. The summed E-state index contributed by atoms with van der Waals surface area (Å²) < 4.78 is 13.6. The van der Waals surface area contributed by atoms with E-state index < -0.39 is 5.82 Å². The predicted molar refractivity (Wildman–Crippen MR) is 113 cm³/mol. The van der Waals surface area contributed by atoms with Gasteiger partial charge in [-0.2, -0.15) is 0 Å². The van der Waals surface area contributed by atoms with Crippen LogP contribution in [0.15, 0.2) is 36.5 Å². The molecule has 150 valence electrons. The van der Waals surface area contributed by atoms with Crippen molar-refractivity contribution in [3.05, 3.63) is 58.6 Å². The van der Waals surface area contributed by atoms with E-state index in [1.807, 2.05) is 24.0 Å². The van der Waals surface area contributed by atoms with E-state index in [-0.39, 0.29) is 10.9 Å². The van der Waals surface area contributed by atoms with Gasteiger partial charge >= 0.3 is 0 Å². The topological polar surface area (TPSA) is 58.1 Å². The lowest BCUT2D eigenvalue weighted by Crippen LogP contribution is -2.32. The van der Waals surface area contributed by atoms with Crippen LogP contribution in [0, 0.1) is 12.7 Å². The Labute approximate surface area is 173 Å². The molecule has 3 heterocycles. The SMILES string of the molecule is Cc1ccc2c(Nc3ccc(F)c(Cl)c3)c(C(=O)N3CCCCCC3)cnc2n1. The van der Waals surface area contributed by atoms with Gasteiger partial charge in [0.2, 0.25) is 0 Å². The number of hydrogen-bond acceptors (Lipinski definition) is 4. The summed E-state index contributed by atoms with van der Waals surface area (Å²) in [6.45, 7) is 3.37. The minimum absolute atomic E-state index is 0.0164. The van der Waals surface area contributed by atoms with E-state index in [1.54, 1.807) is 12.3 Å². The number of carbonyl (C=O) groups excluding carboxylic acids is 1. The summed E-state index contributed by atoms with van der Waals surface area (Å²) in [4.78, 5) is 24.1. The summed E-state index contributed by atoms with van der Waals surface area (Å²) >= 11 is 5.95. The number of aromatic nitrogens is 2. The second kappa shape index (κ2) is 8.33. The minimum atomic E-state index is -0.491. The number of halogens is 2. The highest BCUT2D eigenvalue weighted by atomic mass is 35.5. The fourth-order valence-electron chi connectivity index (χ4n) is 3.63. The van der Waals surface area contributed by atoms with Crippen molar-refractivity contribution in [1.29, 1.82) is 0 Å². The zero-order valence-corrected chi connectivity index (χ0v) is 17.0. The standard InChI is InChI=1S/C22H22ClFN4O/c1-14-6-8-16-20(27-15-7-9-19(24)18(23)12-15)17(13-25-21(16)26-14)22(29)28-10-4-2-3-5-11-28/h6-9,12-13H,2-5,10-11H2,1H3,(H,25,26,27). The molecule has 4 rings (SSSR count). The number of nitrogens with zero attached hydrogens (tertiary/aromatic N) is 3. The van der Waals surface area contributed by atoms with Gasteiger partial charge in [-0.1, -0.05) is 24.4 Å². The Balaban J connectivity index is 1.80. The van der Waals surface area contributed by atoms with E-state index in [1.165, 1.54) is 12.1 Å². The molecular weight excluding hydrogens is 391 g/mol. The van der Waals surface area contributed by atoms with Gasteiger partial charge in [-0.3, -0.25) is 4.79 Å². The summed E-state index contributed by atoms with van der Waals surface area (Å²) in [5.41, 5.74) is 3.07. The molecular formula is C22H22ClFN4O. The van der Waals surface area contributed by atoms with Crippen molar-refractivity contribution in [3.8, 4) is 0 Å². The maximum absolute atomic E-state index is 13.6. The molecule has 7 heteroatoms. The molecule has 1 aliphatic heterocycles. The van der Waals surface area contributed by atoms with Gasteiger partial charge in [-0.05, 0) is 50.1 Å². The molecule has 29 heavy (non-hydrogen) atoms. The number of carbonyl (C=O) groups is 1. The molecule has 1 saturated heterocycles. The number of fused-ring (bicyclic) bond motifs is 1. The highest BCUT2D eigenvalue weighted by Gasteiger charge is 2.23. The summed E-state index contributed by atoms with van der Waals surface area (Å²) in [5.74, 6) is -0.549. The van der Waals surface area contributed by atoms with Crippen LogP contribution in [0.25, 0.3) is 11.0 Å². The van der Waals surface area contributed by atoms with E-state index in [0.29, 0.717) is 22.6 Å². The Morgan fingerprint density at radius 1 is 1.14 bits per heavy atom. The first kappa shape index (κ1) is 19.6. The van der Waals surface area contributed by atoms with Crippen molar-refractivity contribution in [2.45, 2.75) is 32.6 Å².